The first-order chi connectivity index (χ1) is 10.6. The highest BCUT2D eigenvalue weighted by Crippen LogP contribution is 2.07. The summed E-state index contributed by atoms with van der Waals surface area (Å²) in [5, 5.41) is 46.3. The number of aliphatic carboxylic acids is 4. The number of carboxylic acids is 4. The summed E-state index contributed by atoms with van der Waals surface area (Å²) < 4.78 is -0.579. The maximum absolute atomic E-state index is 11.0. The fraction of sp³-hybridized carbons (Fsp3) is 0.667. The van der Waals surface area contributed by atoms with E-state index in [2.05, 4.69) is 0 Å². The summed E-state index contributed by atoms with van der Waals surface area (Å²) in [6.45, 7) is -3.52. The average molecular weight is 336 g/mol. The third-order valence-corrected chi connectivity index (χ3v) is 3.12. The molecule has 0 aliphatic heterocycles. The van der Waals surface area contributed by atoms with Crippen LogP contribution in [0.5, 0.6) is 0 Å². The third-order valence-electron chi connectivity index (χ3n) is 3.12. The molecular formula is C12H20N2O9. The van der Waals surface area contributed by atoms with Crippen LogP contribution in [0.4, 0.5) is 0 Å². The number of carboxylic acid groups (broad SMARTS) is 4. The molecule has 0 bridgehead atoms. The van der Waals surface area contributed by atoms with Crippen molar-refractivity contribution in [3.8, 4) is 0 Å². The summed E-state index contributed by atoms with van der Waals surface area (Å²) in [5.74, 6) is -5.38. The Bertz CT molecular complexity index is 420. The molecule has 11 heteroatoms. The number of carbonyl (C=O) groups is 4. The SMILES string of the molecule is O=C([O-])C[N+](CCO)(CCN(CC(=O)O)CC(=O)O)CC(=O)O. The first kappa shape index (κ1) is 20.8. The highest BCUT2D eigenvalue weighted by Gasteiger charge is 2.31. The van der Waals surface area contributed by atoms with Gasteiger partial charge in [-0.15, -0.1) is 0 Å². The van der Waals surface area contributed by atoms with Gasteiger partial charge in [0.25, 0.3) is 0 Å². The molecule has 0 spiro atoms. The van der Waals surface area contributed by atoms with Crippen LogP contribution in [0.2, 0.25) is 0 Å². The number of nitrogens with zero attached hydrogens (tertiary/aromatic N) is 2. The fourth-order valence-electron chi connectivity index (χ4n) is 2.21. The Balaban J connectivity index is 5.13. The summed E-state index contributed by atoms with van der Waals surface area (Å²) >= 11 is 0. The Morgan fingerprint density at radius 2 is 1.39 bits per heavy atom. The van der Waals surface area contributed by atoms with Crippen molar-refractivity contribution < 1.29 is 49.2 Å². The minimum absolute atomic E-state index is 0.165. The molecule has 0 radical (unpaired) electrons. The van der Waals surface area contributed by atoms with Gasteiger partial charge in [0, 0.05) is 6.54 Å². The van der Waals surface area contributed by atoms with E-state index in [-0.39, 0.29) is 19.6 Å². The number of aliphatic hydroxyl groups excluding tert-OH is 1. The first-order valence-electron chi connectivity index (χ1n) is 6.64. The number of quaternary nitrogens is 1. The maximum atomic E-state index is 11.0. The maximum Gasteiger partial charge on any atom is 0.359 e. The van der Waals surface area contributed by atoms with Crippen molar-refractivity contribution in [2.45, 2.75) is 0 Å². The van der Waals surface area contributed by atoms with Crippen LogP contribution in [-0.4, -0.2) is 106 Å². The molecule has 0 rings (SSSR count). The highest BCUT2D eigenvalue weighted by molar-refractivity contribution is 5.72. The molecule has 0 saturated heterocycles. The van der Waals surface area contributed by atoms with Crippen molar-refractivity contribution in [1.82, 2.24) is 4.90 Å². The normalized spacial score (nSPS) is 13.5. The monoisotopic (exact) mass is 336 g/mol. The zero-order chi connectivity index (χ0) is 18.0. The predicted molar refractivity (Wildman–Crippen MR) is 71.2 cm³/mol. The second-order valence-corrected chi connectivity index (χ2v) is 5.09. The van der Waals surface area contributed by atoms with Gasteiger partial charge in [-0.05, 0) is 0 Å². The molecule has 4 N–H and O–H groups in total. The first-order valence-corrected chi connectivity index (χ1v) is 6.64. The van der Waals surface area contributed by atoms with E-state index in [9.17, 15) is 24.3 Å². The second-order valence-electron chi connectivity index (χ2n) is 5.09. The van der Waals surface area contributed by atoms with Crippen LogP contribution in [0, 0.1) is 0 Å². The van der Waals surface area contributed by atoms with Gasteiger partial charge in [0.1, 0.15) is 13.1 Å². The van der Waals surface area contributed by atoms with Crippen LogP contribution in [0.25, 0.3) is 0 Å². The molecule has 0 fully saturated rings. The van der Waals surface area contributed by atoms with E-state index in [1.165, 1.54) is 0 Å². The van der Waals surface area contributed by atoms with Crippen molar-refractivity contribution in [2.24, 2.45) is 0 Å². The van der Waals surface area contributed by atoms with Crippen molar-refractivity contribution in [3.05, 3.63) is 0 Å². The summed E-state index contributed by atoms with van der Waals surface area (Å²) in [6, 6.07) is 0. The van der Waals surface area contributed by atoms with E-state index >= 15 is 0 Å². The lowest BCUT2D eigenvalue weighted by Crippen LogP contribution is -2.60. The average Bonchev–Trinajstić information content (AvgIpc) is 2.33. The summed E-state index contributed by atoms with van der Waals surface area (Å²) in [4.78, 5) is 44.3. The van der Waals surface area contributed by atoms with E-state index in [1.807, 2.05) is 0 Å². The van der Waals surface area contributed by atoms with Gasteiger partial charge in [-0.2, -0.15) is 0 Å². The number of hydrogen-bond donors (Lipinski definition) is 4. The minimum atomic E-state index is -1.53. The zero-order valence-electron chi connectivity index (χ0n) is 12.4. The quantitative estimate of drug-likeness (QED) is 0.243. The molecule has 0 aliphatic carbocycles. The van der Waals surface area contributed by atoms with Gasteiger partial charge in [-0.25, -0.2) is 4.79 Å². The van der Waals surface area contributed by atoms with Crippen LogP contribution < -0.4 is 5.11 Å². The van der Waals surface area contributed by atoms with Crippen molar-refractivity contribution in [3.63, 3.8) is 0 Å². The van der Waals surface area contributed by atoms with Crippen LogP contribution in [0.3, 0.4) is 0 Å². The molecule has 11 nitrogen and oxygen atoms in total. The van der Waals surface area contributed by atoms with Crippen LogP contribution in [0.15, 0.2) is 0 Å². The number of rotatable bonds is 13. The smallest absolute Gasteiger partial charge is 0.359 e. The molecule has 1 unspecified atom stereocenters. The summed E-state index contributed by atoms with van der Waals surface area (Å²) in [5.41, 5.74) is 0. The zero-order valence-corrected chi connectivity index (χ0v) is 12.4. The lowest BCUT2D eigenvalue weighted by Gasteiger charge is -2.38. The molecule has 1 atom stereocenters. The van der Waals surface area contributed by atoms with E-state index < -0.39 is 61.1 Å². The molecule has 0 heterocycles. The topological polar surface area (TPSA) is 175 Å². The highest BCUT2D eigenvalue weighted by atomic mass is 16.4. The lowest BCUT2D eigenvalue weighted by molar-refractivity contribution is -0.915. The molecule has 0 saturated carbocycles. The Kier molecular flexibility index (Phi) is 8.77. The third kappa shape index (κ3) is 9.39. The van der Waals surface area contributed by atoms with Gasteiger partial charge in [0.2, 0.25) is 0 Å². The van der Waals surface area contributed by atoms with Crippen LogP contribution >= 0.6 is 0 Å². The molecular weight excluding hydrogens is 316 g/mol. The number of hydrogen-bond acceptors (Lipinski definition) is 7. The standard InChI is InChI=1S/C12H20N2O9/c15-4-3-14(7-11(20)21,8-12(22)23)2-1-13(5-9(16)17)6-10(18)19/h15H,1-8H2,(H3-,16,17,18,19,20,21,22,23). The predicted octanol–water partition coefficient (Wildman–Crippen LogP) is -3.90. The van der Waals surface area contributed by atoms with E-state index in [0.29, 0.717) is 0 Å². The molecule has 0 aromatic rings. The Morgan fingerprint density at radius 3 is 1.74 bits per heavy atom. The minimum Gasteiger partial charge on any atom is -0.544 e. The van der Waals surface area contributed by atoms with Gasteiger partial charge in [0.15, 0.2) is 6.54 Å². The Morgan fingerprint density at radius 1 is 0.870 bits per heavy atom. The van der Waals surface area contributed by atoms with Crippen LogP contribution in [0.1, 0.15) is 0 Å². The Labute approximate surface area is 131 Å². The number of aliphatic hydroxyl groups is 1. The lowest BCUT2D eigenvalue weighted by atomic mass is 10.3. The molecule has 0 aromatic heterocycles. The van der Waals surface area contributed by atoms with Crippen LogP contribution in [-0.2, 0) is 19.2 Å². The molecule has 132 valence electrons. The van der Waals surface area contributed by atoms with E-state index in [1.54, 1.807) is 0 Å². The second kappa shape index (κ2) is 9.71. The van der Waals surface area contributed by atoms with Gasteiger partial charge < -0.3 is 34.8 Å². The van der Waals surface area contributed by atoms with E-state index in [0.717, 1.165) is 4.90 Å². The van der Waals surface area contributed by atoms with Crippen molar-refractivity contribution in [1.29, 1.82) is 0 Å². The van der Waals surface area contributed by atoms with Gasteiger partial charge in [-0.3, -0.25) is 14.5 Å². The largest absolute Gasteiger partial charge is 0.544 e. The van der Waals surface area contributed by atoms with Gasteiger partial charge >= 0.3 is 17.9 Å². The molecule has 0 aromatic carbocycles. The van der Waals surface area contributed by atoms with E-state index in [4.69, 9.17) is 20.4 Å². The molecule has 0 amide bonds. The fourth-order valence-corrected chi connectivity index (χ4v) is 2.21. The molecule has 23 heavy (non-hydrogen) atoms. The van der Waals surface area contributed by atoms with Crippen molar-refractivity contribution in [2.75, 3.05) is 52.4 Å². The van der Waals surface area contributed by atoms with Crippen molar-refractivity contribution >= 4 is 23.9 Å². The van der Waals surface area contributed by atoms with Gasteiger partial charge in [-0.1, -0.05) is 0 Å². The number of carbonyl (C=O) groups excluding carboxylic acids is 1. The summed E-state index contributed by atoms with van der Waals surface area (Å²) in [7, 11) is 0. The molecule has 0 aliphatic rings. The summed E-state index contributed by atoms with van der Waals surface area (Å²) in [6.07, 6.45) is 0. The Hall–Kier alpha value is -2.24. The van der Waals surface area contributed by atoms with Gasteiger partial charge in [0.05, 0.1) is 32.2 Å².